The molecule has 0 heterocycles. The Morgan fingerprint density at radius 2 is 0.585 bits per heavy atom. The van der Waals surface area contributed by atoms with Gasteiger partial charge in [-0.05, 0) is 96.2 Å². The van der Waals surface area contributed by atoms with Crippen molar-refractivity contribution in [3.8, 4) is 0 Å². The molecule has 0 fully saturated rings. The van der Waals surface area contributed by atoms with Crippen molar-refractivity contribution in [1.29, 1.82) is 0 Å². The summed E-state index contributed by atoms with van der Waals surface area (Å²) in [5.41, 5.74) is 22.4. The van der Waals surface area contributed by atoms with Gasteiger partial charge in [0.2, 0.25) is 0 Å². The molecular weight excluding hydrogens is 641 g/mol. The van der Waals surface area contributed by atoms with Gasteiger partial charge in [0.1, 0.15) is 0 Å². The summed E-state index contributed by atoms with van der Waals surface area (Å²) < 4.78 is 0. The number of rotatable bonds is 28. The topological polar surface area (TPSA) is 52.0 Å². The van der Waals surface area contributed by atoms with Crippen LogP contribution in [0.5, 0.6) is 0 Å². The second-order valence-electron chi connectivity index (χ2n) is 16.0. The number of nitrogens with two attached hydrogens (primary N) is 2. The van der Waals surface area contributed by atoms with Gasteiger partial charge in [0.15, 0.2) is 0 Å². The van der Waals surface area contributed by atoms with Gasteiger partial charge in [-0.3, -0.25) is 0 Å². The lowest BCUT2D eigenvalue weighted by molar-refractivity contribution is 0.545. The molecule has 0 bridgehead atoms. The highest BCUT2D eigenvalue weighted by Gasteiger charge is 2.15. The number of hydrogen-bond donors (Lipinski definition) is 2. The summed E-state index contributed by atoms with van der Waals surface area (Å²) in [7, 11) is 0. The second-order valence-corrected chi connectivity index (χ2v) is 16.0. The summed E-state index contributed by atoms with van der Waals surface area (Å²) >= 11 is 0. The highest BCUT2D eigenvalue weighted by Crippen LogP contribution is 2.33. The van der Waals surface area contributed by atoms with E-state index in [9.17, 15) is 0 Å². The number of unbranched alkanes of at least 4 members (excludes halogenated alkanes) is 16. The Morgan fingerprint density at radius 1 is 0.321 bits per heavy atom. The van der Waals surface area contributed by atoms with E-state index in [0.717, 1.165) is 11.4 Å². The SMILES string of the molecule is CCCCCCC(c1ccc(N)cc1)c1ccc(CCCCCCCCCCCCCc2ccc(C(CCCCCC)c3ccc(N)cc3)cc2)cc1. The first kappa shape index (κ1) is 42.2. The Labute approximate surface area is 325 Å². The van der Waals surface area contributed by atoms with Gasteiger partial charge < -0.3 is 11.5 Å². The van der Waals surface area contributed by atoms with Crippen LogP contribution in [0.15, 0.2) is 97.1 Å². The van der Waals surface area contributed by atoms with Gasteiger partial charge in [-0.2, -0.15) is 0 Å². The van der Waals surface area contributed by atoms with Crippen molar-refractivity contribution in [2.75, 3.05) is 11.5 Å². The highest BCUT2D eigenvalue weighted by atomic mass is 14.5. The fourth-order valence-electron chi connectivity index (χ4n) is 8.14. The smallest absolute Gasteiger partial charge is 0.0314 e. The first-order valence-electron chi connectivity index (χ1n) is 22.0. The maximum atomic E-state index is 5.99. The maximum Gasteiger partial charge on any atom is 0.0314 e. The standard InChI is InChI=1S/C51H74N2/c1-3-5-7-20-24-50(46-34-38-48(52)39-35-46)44-30-26-42(27-31-44)22-18-16-14-12-10-9-11-13-15-17-19-23-43-28-32-45(33-29-43)51(25-21-8-6-4-2)47-36-40-49(53)41-37-47/h26-41,50-51H,3-25,52-53H2,1-2H3. The molecule has 4 aromatic carbocycles. The van der Waals surface area contributed by atoms with Crippen molar-refractivity contribution in [2.24, 2.45) is 0 Å². The number of benzene rings is 4. The van der Waals surface area contributed by atoms with Gasteiger partial charge in [-0.15, -0.1) is 0 Å². The third-order valence-electron chi connectivity index (χ3n) is 11.6. The number of nitrogen functional groups attached to an aromatic ring is 2. The van der Waals surface area contributed by atoms with Gasteiger partial charge in [0.05, 0.1) is 0 Å². The maximum absolute atomic E-state index is 5.99. The average Bonchev–Trinajstić information content (AvgIpc) is 3.18. The zero-order valence-corrected chi connectivity index (χ0v) is 33.8. The minimum absolute atomic E-state index is 0.468. The molecule has 2 atom stereocenters. The van der Waals surface area contributed by atoms with E-state index in [4.69, 9.17) is 11.5 Å². The van der Waals surface area contributed by atoms with E-state index in [1.807, 2.05) is 0 Å². The van der Waals surface area contributed by atoms with E-state index < -0.39 is 0 Å². The molecule has 0 aliphatic rings. The van der Waals surface area contributed by atoms with Crippen LogP contribution < -0.4 is 11.5 Å². The molecule has 0 aliphatic carbocycles. The van der Waals surface area contributed by atoms with Crippen LogP contribution in [-0.4, -0.2) is 0 Å². The Balaban J connectivity index is 1.03. The van der Waals surface area contributed by atoms with Crippen molar-refractivity contribution in [2.45, 2.75) is 173 Å². The quantitative estimate of drug-likeness (QED) is 0.0454. The normalized spacial score (nSPS) is 12.6. The lowest BCUT2D eigenvalue weighted by Crippen LogP contribution is -2.02. The third kappa shape index (κ3) is 16.2. The Morgan fingerprint density at radius 3 is 0.887 bits per heavy atom. The van der Waals surface area contributed by atoms with Gasteiger partial charge >= 0.3 is 0 Å². The van der Waals surface area contributed by atoms with E-state index >= 15 is 0 Å². The molecule has 0 saturated heterocycles. The molecule has 4 rings (SSSR count). The monoisotopic (exact) mass is 715 g/mol. The number of anilines is 2. The molecule has 2 unspecified atom stereocenters. The molecule has 0 aliphatic heterocycles. The van der Waals surface area contributed by atoms with Crippen LogP contribution in [0, 0.1) is 0 Å². The van der Waals surface area contributed by atoms with Crippen LogP contribution in [0.4, 0.5) is 11.4 Å². The molecule has 0 aromatic heterocycles. The van der Waals surface area contributed by atoms with E-state index in [1.54, 1.807) is 0 Å². The molecule has 288 valence electrons. The van der Waals surface area contributed by atoms with Crippen LogP contribution in [0.1, 0.15) is 194 Å². The van der Waals surface area contributed by atoms with Crippen LogP contribution in [0.2, 0.25) is 0 Å². The van der Waals surface area contributed by atoms with Crippen molar-refractivity contribution >= 4 is 11.4 Å². The van der Waals surface area contributed by atoms with Gasteiger partial charge in [-0.25, -0.2) is 0 Å². The molecular formula is C51H74N2. The van der Waals surface area contributed by atoms with Gasteiger partial charge in [-0.1, -0.05) is 196 Å². The lowest BCUT2D eigenvalue weighted by Gasteiger charge is -2.19. The third-order valence-corrected chi connectivity index (χ3v) is 11.6. The van der Waals surface area contributed by atoms with Crippen LogP contribution in [-0.2, 0) is 12.8 Å². The van der Waals surface area contributed by atoms with Crippen LogP contribution in [0.3, 0.4) is 0 Å². The Kier molecular flexibility index (Phi) is 20.3. The van der Waals surface area contributed by atoms with Crippen molar-refractivity contribution < 1.29 is 0 Å². The second kappa shape index (κ2) is 25.5. The number of aryl methyl sites for hydroxylation is 2. The average molecular weight is 715 g/mol. The predicted octanol–water partition coefficient (Wildman–Crippen LogP) is 15.1. The molecule has 4 aromatic rings. The summed E-state index contributed by atoms with van der Waals surface area (Å²) in [6.07, 6.45) is 30.4. The van der Waals surface area contributed by atoms with Gasteiger partial charge in [0.25, 0.3) is 0 Å². The van der Waals surface area contributed by atoms with E-state index in [0.29, 0.717) is 11.8 Å². The van der Waals surface area contributed by atoms with Gasteiger partial charge in [0, 0.05) is 23.2 Å². The van der Waals surface area contributed by atoms with E-state index in [-0.39, 0.29) is 0 Å². The van der Waals surface area contributed by atoms with E-state index in [2.05, 4.69) is 111 Å². The first-order chi connectivity index (χ1) is 26.1. The summed E-state index contributed by atoms with van der Waals surface area (Å²) in [5.74, 6) is 0.935. The van der Waals surface area contributed by atoms with Crippen molar-refractivity contribution in [1.82, 2.24) is 0 Å². The fraction of sp³-hybridized carbons (Fsp3) is 0.529. The summed E-state index contributed by atoms with van der Waals surface area (Å²) in [4.78, 5) is 0. The lowest BCUT2D eigenvalue weighted by atomic mass is 9.86. The number of hydrogen-bond acceptors (Lipinski definition) is 2. The molecule has 2 heteroatoms. The minimum Gasteiger partial charge on any atom is -0.399 e. The molecule has 0 spiro atoms. The van der Waals surface area contributed by atoms with Crippen LogP contribution >= 0.6 is 0 Å². The summed E-state index contributed by atoms with van der Waals surface area (Å²) in [5, 5.41) is 0. The molecule has 0 radical (unpaired) electrons. The molecule has 4 N–H and O–H groups in total. The van der Waals surface area contributed by atoms with E-state index in [1.165, 1.54) is 181 Å². The molecule has 0 saturated carbocycles. The van der Waals surface area contributed by atoms with Crippen molar-refractivity contribution in [3.63, 3.8) is 0 Å². The molecule has 2 nitrogen and oxygen atoms in total. The zero-order chi connectivity index (χ0) is 37.4. The highest BCUT2D eigenvalue weighted by molar-refractivity contribution is 5.44. The zero-order valence-electron chi connectivity index (χ0n) is 33.8. The largest absolute Gasteiger partial charge is 0.399 e. The molecule has 53 heavy (non-hydrogen) atoms. The van der Waals surface area contributed by atoms with Crippen LogP contribution in [0.25, 0.3) is 0 Å². The molecule has 0 amide bonds. The first-order valence-corrected chi connectivity index (χ1v) is 22.0. The summed E-state index contributed by atoms with van der Waals surface area (Å²) in [6, 6.07) is 36.2. The Bertz CT molecular complexity index is 1350. The fourth-order valence-corrected chi connectivity index (χ4v) is 8.14. The van der Waals surface area contributed by atoms with Crippen molar-refractivity contribution in [3.05, 3.63) is 130 Å². The predicted molar refractivity (Wildman–Crippen MR) is 234 cm³/mol. The Hall–Kier alpha value is -3.52. The minimum atomic E-state index is 0.468. The summed E-state index contributed by atoms with van der Waals surface area (Å²) in [6.45, 7) is 4.58.